The highest BCUT2D eigenvalue weighted by Gasteiger charge is 2.13. The Labute approximate surface area is 111 Å². The Bertz CT molecular complexity index is 719. The third-order valence-electron chi connectivity index (χ3n) is 2.46. The van der Waals surface area contributed by atoms with Crippen LogP contribution in [-0.4, -0.2) is 33.4 Å². The SMILES string of the molecule is COC(=O)CSc1nnc2sc3ccccc3n12. The quantitative estimate of drug-likeness (QED) is 0.543. The number of hydrogen-bond acceptors (Lipinski definition) is 6. The summed E-state index contributed by atoms with van der Waals surface area (Å²) in [7, 11) is 1.38. The van der Waals surface area contributed by atoms with Gasteiger partial charge < -0.3 is 4.74 Å². The number of fused-ring (bicyclic) bond motifs is 3. The van der Waals surface area contributed by atoms with Gasteiger partial charge in [0.2, 0.25) is 4.96 Å². The van der Waals surface area contributed by atoms with Gasteiger partial charge in [-0.25, -0.2) is 0 Å². The lowest BCUT2D eigenvalue weighted by atomic mass is 10.3. The van der Waals surface area contributed by atoms with Gasteiger partial charge in [0.25, 0.3) is 0 Å². The van der Waals surface area contributed by atoms with Crippen LogP contribution in [0.15, 0.2) is 29.4 Å². The zero-order chi connectivity index (χ0) is 12.5. The van der Waals surface area contributed by atoms with E-state index in [2.05, 4.69) is 14.9 Å². The Morgan fingerprint density at radius 1 is 1.44 bits per heavy atom. The number of carbonyl (C=O) groups is 1. The molecular weight excluding hydrogens is 270 g/mol. The van der Waals surface area contributed by atoms with Crippen molar-refractivity contribution in [3.8, 4) is 0 Å². The fourth-order valence-corrected chi connectivity index (χ4v) is 3.43. The third kappa shape index (κ3) is 1.85. The minimum Gasteiger partial charge on any atom is -0.468 e. The summed E-state index contributed by atoms with van der Waals surface area (Å²) in [6.07, 6.45) is 0. The number of rotatable bonds is 3. The van der Waals surface area contributed by atoms with E-state index in [1.165, 1.54) is 18.9 Å². The normalized spacial score (nSPS) is 11.2. The maximum absolute atomic E-state index is 11.1. The van der Waals surface area contributed by atoms with Crippen molar-refractivity contribution in [2.75, 3.05) is 12.9 Å². The molecule has 0 N–H and O–H groups in total. The van der Waals surface area contributed by atoms with Gasteiger partial charge >= 0.3 is 5.97 Å². The standard InChI is InChI=1S/C11H9N3O2S2/c1-16-9(15)6-17-10-12-13-11-14(10)7-4-2-3-5-8(7)18-11/h2-5H,6H2,1H3. The predicted molar refractivity (Wildman–Crippen MR) is 71.1 cm³/mol. The summed E-state index contributed by atoms with van der Waals surface area (Å²) in [6, 6.07) is 8.03. The van der Waals surface area contributed by atoms with Crippen molar-refractivity contribution in [2.24, 2.45) is 0 Å². The molecule has 18 heavy (non-hydrogen) atoms. The average Bonchev–Trinajstić information content (AvgIpc) is 2.94. The number of para-hydroxylation sites is 1. The van der Waals surface area contributed by atoms with E-state index >= 15 is 0 Å². The number of aromatic nitrogens is 3. The highest BCUT2D eigenvalue weighted by molar-refractivity contribution is 7.99. The van der Waals surface area contributed by atoms with Crippen molar-refractivity contribution in [3.05, 3.63) is 24.3 Å². The van der Waals surface area contributed by atoms with Crippen molar-refractivity contribution in [1.82, 2.24) is 14.6 Å². The zero-order valence-electron chi connectivity index (χ0n) is 9.49. The van der Waals surface area contributed by atoms with Crippen LogP contribution in [0, 0.1) is 0 Å². The number of thiazole rings is 1. The molecule has 2 aromatic heterocycles. The molecule has 0 fully saturated rings. The van der Waals surface area contributed by atoms with Crippen LogP contribution < -0.4 is 0 Å². The van der Waals surface area contributed by atoms with Crippen molar-refractivity contribution < 1.29 is 9.53 Å². The Kier molecular flexibility index (Phi) is 2.92. The lowest BCUT2D eigenvalue weighted by molar-refractivity contribution is -0.137. The van der Waals surface area contributed by atoms with Crippen molar-refractivity contribution >= 4 is 44.2 Å². The Morgan fingerprint density at radius 2 is 2.28 bits per heavy atom. The molecule has 0 amide bonds. The number of ether oxygens (including phenoxy) is 1. The van der Waals surface area contributed by atoms with E-state index in [1.807, 2.05) is 28.7 Å². The molecule has 0 aliphatic rings. The molecule has 5 nitrogen and oxygen atoms in total. The number of hydrogen-bond donors (Lipinski definition) is 0. The molecule has 0 aliphatic carbocycles. The van der Waals surface area contributed by atoms with Gasteiger partial charge in [0, 0.05) is 0 Å². The van der Waals surface area contributed by atoms with Gasteiger partial charge in [-0.1, -0.05) is 35.2 Å². The molecule has 0 saturated heterocycles. The molecule has 0 bridgehead atoms. The van der Waals surface area contributed by atoms with Crippen LogP contribution in [0.1, 0.15) is 0 Å². The summed E-state index contributed by atoms with van der Waals surface area (Å²) in [4.78, 5) is 12.0. The summed E-state index contributed by atoms with van der Waals surface area (Å²) in [5.74, 6) is -0.0298. The summed E-state index contributed by atoms with van der Waals surface area (Å²) in [6.45, 7) is 0. The predicted octanol–water partition coefficient (Wildman–Crippen LogP) is 2.21. The minimum absolute atomic E-state index is 0.238. The Hall–Kier alpha value is -1.60. The number of nitrogens with zero attached hydrogens (tertiary/aromatic N) is 3. The monoisotopic (exact) mass is 279 g/mol. The average molecular weight is 279 g/mol. The molecule has 0 spiro atoms. The first-order valence-corrected chi connectivity index (χ1v) is 7.02. The maximum Gasteiger partial charge on any atom is 0.316 e. The van der Waals surface area contributed by atoms with Crippen LogP contribution in [0.4, 0.5) is 0 Å². The van der Waals surface area contributed by atoms with Gasteiger partial charge in [0.05, 0.1) is 23.1 Å². The fourth-order valence-electron chi connectivity index (χ4n) is 1.63. The van der Waals surface area contributed by atoms with Gasteiger partial charge in [-0.2, -0.15) is 0 Å². The number of methoxy groups -OCH3 is 1. The van der Waals surface area contributed by atoms with Crippen LogP contribution in [-0.2, 0) is 9.53 Å². The number of benzene rings is 1. The summed E-state index contributed by atoms with van der Waals surface area (Å²) in [5, 5.41) is 8.92. The zero-order valence-corrected chi connectivity index (χ0v) is 11.1. The summed E-state index contributed by atoms with van der Waals surface area (Å²) in [5.41, 5.74) is 1.06. The Morgan fingerprint density at radius 3 is 3.11 bits per heavy atom. The van der Waals surface area contributed by atoms with E-state index in [9.17, 15) is 4.79 Å². The second-order valence-corrected chi connectivity index (χ2v) is 5.49. The van der Waals surface area contributed by atoms with E-state index in [0.29, 0.717) is 5.16 Å². The molecule has 0 radical (unpaired) electrons. The van der Waals surface area contributed by atoms with Crippen LogP contribution >= 0.6 is 23.1 Å². The highest BCUT2D eigenvalue weighted by atomic mass is 32.2. The molecule has 0 aliphatic heterocycles. The van der Waals surface area contributed by atoms with Crippen molar-refractivity contribution in [1.29, 1.82) is 0 Å². The number of carbonyl (C=O) groups excluding carboxylic acids is 1. The third-order valence-corrected chi connectivity index (χ3v) is 4.37. The summed E-state index contributed by atoms with van der Waals surface area (Å²) >= 11 is 2.91. The van der Waals surface area contributed by atoms with E-state index < -0.39 is 0 Å². The van der Waals surface area contributed by atoms with Crippen molar-refractivity contribution in [3.63, 3.8) is 0 Å². The lowest BCUT2D eigenvalue weighted by Gasteiger charge is -1.98. The fraction of sp³-hybridized carbons (Fsp3) is 0.182. The van der Waals surface area contributed by atoms with Crippen LogP contribution in [0.25, 0.3) is 15.2 Å². The molecule has 2 heterocycles. The molecule has 0 saturated carbocycles. The van der Waals surface area contributed by atoms with E-state index in [0.717, 1.165) is 15.2 Å². The largest absolute Gasteiger partial charge is 0.468 e. The van der Waals surface area contributed by atoms with Crippen LogP contribution in [0.2, 0.25) is 0 Å². The number of esters is 1. The maximum atomic E-state index is 11.1. The van der Waals surface area contributed by atoms with E-state index in [1.54, 1.807) is 11.3 Å². The topological polar surface area (TPSA) is 56.5 Å². The van der Waals surface area contributed by atoms with Gasteiger partial charge in [0.1, 0.15) is 0 Å². The van der Waals surface area contributed by atoms with Gasteiger partial charge in [0.15, 0.2) is 5.16 Å². The molecule has 3 aromatic rings. The molecule has 7 heteroatoms. The van der Waals surface area contributed by atoms with Crippen LogP contribution in [0.5, 0.6) is 0 Å². The second kappa shape index (κ2) is 4.58. The first-order valence-electron chi connectivity index (χ1n) is 5.22. The molecule has 92 valence electrons. The first kappa shape index (κ1) is 11.5. The van der Waals surface area contributed by atoms with Crippen LogP contribution in [0.3, 0.4) is 0 Å². The molecule has 0 atom stereocenters. The number of thioether (sulfide) groups is 1. The smallest absolute Gasteiger partial charge is 0.316 e. The van der Waals surface area contributed by atoms with E-state index in [-0.39, 0.29) is 11.7 Å². The second-order valence-electron chi connectivity index (χ2n) is 3.54. The van der Waals surface area contributed by atoms with Crippen molar-refractivity contribution in [2.45, 2.75) is 5.16 Å². The van der Waals surface area contributed by atoms with Gasteiger partial charge in [-0.15, -0.1) is 10.2 Å². The minimum atomic E-state index is -0.267. The molecule has 0 unspecified atom stereocenters. The molecular formula is C11H9N3O2S2. The first-order chi connectivity index (χ1) is 8.79. The Balaban J connectivity index is 2.04. The lowest BCUT2D eigenvalue weighted by Crippen LogP contribution is -2.03. The molecule has 3 rings (SSSR count). The highest BCUT2D eigenvalue weighted by Crippen LogP contribution is 2.29. The van der Waals surface area contributed by atoms with Gasteiger partial charge in [-0.05, 0) is 12.1 Å². The molecule has 1 aromatic carbocycles. The van der Waals surface area contributed by atoms with E-state index in [4.69, 9.17) is 0 Å². The summed E-state index contributed by atoms with van der Waals surface area (Å²) < 4.78 is 7.74. The van der Waals surface area contributed by atoms with Gasteiger partial charge in [-0.3, -0.25) is 9.20 Å².